The highest BCUT2D eigenvalue weighted by Crippen LogP contribution is 2.31. The van der Waals surface area contributed by atoms with Crippen molar-refractivity contribution in [3.05, 3.63) is 55.5 Å². The fourth-order valence-corrected chi connectivity index (χ4v) is 4.08. The molecule has 0 bridgehead atoms. The monoisotopic (exact) mass is 345 g/mol. The number of likely N-dealkylation sites (tertiary alicyclic amines) is 1. The fourth-order valence-electron chi connectivity index (χ4n) is 3.11. The number of aromatic nitrogens is 1. The molecule has 0 saturated carbocycles. The quantitative estimate of drug-likeness (QED) is 0.628. The Kier molecular flexibility index (Phi) is 4.62. The summed E-state index contributed by atoms with van der Waals surface area (Å²) < 4.78 is 0. The maximum absolute atomic E-state index is 12.7. The van der Waals surface area contributed by atoms with Gasteiger partial charge in [-0.3, -0.25) is 14.9 Å². The highest BCUT2D eigenvalue weighted by molar-refractivity contribution is 7.09. The van der Waals surface area contributed by atoms with E-state index in [9.17, 15) is 14.9 Å². The van der Waals surface area contributed by atoms with Gasteiger partial charge in [0.1, 0.15) is 0 Å². The lowest BCUT2D eigenvalue weighted by Gasteiger charge is -2.31. The van der Waals surface area contributed by atoms with Crippen molar-refractivity contribution in [1.29, 1.82) is 0 Å². The van der Waals surface area contributed by atoms with Gasteiger partial charge in [0, 0.05) is 47.3 Å². The lowest BCUT2D eigenvalue weighted by molar-refractivity contribution is -0.385. The van der Waals surface area contributed by atoms with Crippen molar-refractivity contribution < 1.29 is 9.72 Å². The average molecular weight is 345 g/mol. The van der Waals surface area contributed by atoms with Gasteiger partial charge in [0.2, 0.25) is 0 Å². The highest BCUT2D eigenvalue weighted by atomic mass is 32.1. The molecular formula is C17H19N3O3S. The Balaban J connectivity index is 1.72. The molecule has 1 amide bonds. The molecule has 0 radical (unpaired) electrons. The van der Waals surface area contributed by atoms with E-state index in [0.717, 1.165) is 23.5 Å². The molecule has 1 aromatic carbocycles. The molecule has 0 unspecified atom stereocenters. The first-order chi connectivity index (χ1) is 11.5. The number of nitro groups is 1. The molecule has 1 aliphatic heterocycles. The van der Waals surface area contributed by atoms with E-state index >= 15 is 0 Å². The Hall–Kier alpha value is -2.28. The van der Waals surface area contributed by atoms with Crippen LogP contribution in [0.2, 0.25) is 0 Å². The predicted octanol–water partition coefficient (Wildman–Crippen LogP) is 3.69. The summed E-state index contributed by atoms with van der Waals surface area (Å²) in [4.78, 5) is 29.7. The fraction of sp³-hybridized carbons (Fsp3) is 0.412. The zero-order valence-corrected chi connectivity index (χ0v) is 14.5. The van der Waals surface area contributed by atoms with E-state index < -0.39 is 4.92 Å². The number of hydrogen-bond donors (Lipinski definition) is 0. The van der Waals surface area contributed by atoms with Crippen LogP contribution in [0.15, 0.2) is 23.6 Å². The summed E-state index contributed by atoms with van der Waals surface area (Å²) in [5, 5.41) is 14.2. The Labute approximate surface area is 144 Å². The molecule has 2 heterocycles. The number of thiazole rings is 1. The molecule has 0 spiro atoms. The van der Waals surface area contributed by atoms with Gasteiger partial charge in [0.15, 0.2) is 0 Å². The Morgan fingerprint density at radius 3 is 2.62 bits per heavy atom. The summed E-state index contributed by atoms with van der Waals surface area (Å²) in [6.45, 7) is 4.94. The van der Waals surface area contributed by atoms with Crippen LogP contribution >= 0.6 is 11.3 Å². The standard InChI is InChI=1S/C17H19N3O3S/c1-11-10-24-16(18-11)13-6-8-19(9-7-13)17(21)14-4-3-5-15(12(14)2)20(22)23/h3-5,10,13H,6-9H2,1-2H3. The minimum absolute atomic E-state index is 0.00556. The molecule has 6 nitrogen and oxygen atoms in total. The van der Waals surface area contributed by atoms with Crippen LogP contribution in [0, 0.1) is 24.0 Å². The van der Waals surface area contributed by atoms with E-state index in [1.807, 2.05) is 6.92 Å². The minimum atomic E-state index is -0.441. The van der Waals surface area contributed by atoms with Crippen LogP contribution in [-0.2, 0) is 0 Å². The first-order valence-electron chi connectivity index (χ1n) is 7.92. The summed E-state index contributed by atoms with van der Waals surface area (Å²) in [5.74, 6) is 0.281. The van der Waals surface area contributed by atoms with Gasteiger partial charge in [-0.2, -0.15) is 0 Å². The third kappa shape index (κ3) is 3.17. The van der Waals surface area contributed by atoms with Crippen LogP contribution in [0.4, 0.5) is 5.69 Å². The Bertz CT molecular complexity index is 779. The van der Waals surface area contributed by atoms with Crippen molar-refractivity contribution in [3.63, 3.8) is 0 Å². The SMILES string of the molecule is Cc1csc(C2CCN(C(=O)c3cccc([N+](=O)[O-])c3C)CC2)n1. The number of rotatable bonds is 3. The van der Waals surface area contributed by atoms with Crippen LogP contribution < -0.4 is 0 Å². The number of aryl methyl sites for hydroxylation is 1. The summed E-state index contributed by atoms with van der Waals surface area (Å²) in [6, 6.07) is 4.67. The maximum atomic E-state index is 12.7. The molecule has 1 aromatic heterocycles. The molecule has 0 N–H and O–H groups in total. The zero-order chi connectivity index (χ0) is 17.3. The van der Waals surface area contributed by atoms with Crippen molar-refractivity contribution in [2.75, 3.05) is 13.1 Å². The van der Waals surface area contributed by atoms with Crippen molar-refractivity contribution in [2.45, 2.75) is 32.6 Å². The topological polar surface area (TPSA) is 76.3 Å². The highest BCUT2D eigenvalue weighted by Gasteiger charge is 2.28. The molecule has 24 heavy (non-hydrogen) atoms. The van der Waals surface area contributed by atoms with Crippen LogP contribution in [0.1, 0.15) is 45.4 Å². The zero-order valence-electron chi connectivity index (χ0n) is 13.7. The number of hydrogen-bond acceptors (Lipinski definition) is 5. The second-order valence-electron chi connectivity index (χ2n) is 6.10. The van der Waals surface area contributed by atoms with E-state index in [1.54, 1.807) is 35.3 Å². The number of amides is 1. The normalized spacial score (nSPS) is 15.5. The average Bonchev–Trinajstić information content (AvgIpc) is 3.01. The van der Waals surface area contributed by atoms with Gasteiger partial charge in [-0.15, -0.1) is 11.3 Å². The van der Waals surface area contributed by atoms with Crippen molar-refractivity contribution in [1.82, 2.24) is 9.88 Å². The van der Waals surface area contributed by atoms with E-state index in [4.69, 9.17) is 0 Å². The summed E-state index contributed by atoms with van der Waals surface area (Å²) in [7, 11) is 0. The van der Waals surface area contributed by atoms with Gasteiger partial charge in [0.05, 0.1) is 9.93 Å². The smallest absolute Gasteiger partial charge is 0.273 e. The molecule has 1 fully saturated rings. The predicted molar refractivity (Wildman–Crippen MR) is 92.6 cm³/mol. The molecule has 0 atom stereocenters. The van der Waals surface area contributed by atoms with Gasteiger partial charge >= 0.3 is 0 Å². The lowest BCUT2D eigenvalue weighted by atomic mass is 9.96. The van der Waals surface area contributed by atoms with Gasteiger partial charge < -0.3 is 4.90 Å². The summed E-state index contributed by atoms with van der Waals surface area (Å²) in [5.41, 5.74) is 1.90. The molecule has 3 rings (SSSR count). The second-order valence-corrected chi connectivity index (χ2v) is 6.99. The molecule has 2 aromatic rings. The first-order valence-corrected chi connectivity index (χ1v) is 8.80. The third-order valence-corrected chi connectivity index (χ3v) is 5.63. The van der Waals surface area contributed by atoms with Crippen molar-refractivity contribution in [3.8, 4) is 0 Å². The van der Waals surface area contributed by atoms with E-state index in [-0.39, 0.29) is 11.6 Å². The number of nitrogens with zero attached hydrogens (tertiary/aromatic N) is 3. The van der Waals surface area contributed by atoms with Crippen molar-refractivity contribution >= 4 is 22.9 Å². The molecular weight excluding hydrogens is 326 g/mol. The number of piperidine rings is 1. The number of nitro benzene ring substituents is 1. The van der Waals surface area contributed by atoms with Crippen LogP contribution in [0.25, 0.3) is 0 Å². The molecule has 1 saturated heterocycles. The minimum Gasteiger partial charge on any atom is -0.339 e. The van der Waals surface area contributed by atoms with Crippen LogP contribution in [-0.4, -0.2) is 33.8 Å². The van der Waals surface area contributed by atoms with Gasteiger partial charge in [-0.25, -0.2) is 4.98 Å². The largest absolute Gasteiger partial charge is 0.339 e. The molecule has 0 aliphatic carbocycles. The maximum Gasteiger partial charge on any atom is 0.273 e. The van der Waals surface area contributed by atoms with Crippen LogP contribution in [0.5, 0.6) is 0 Å². The first kappa shape index (κ1) is 16.6. The van der Waals surface area contributed by atoms with Gasteiger partial charge in [0.25, 0.3) is 11.6 Å². The Morgan fingerprint density at radius 1 is 1.33 bits per heavy atom. The number of carbonyl (C=O) groups excluding carboxylic acids is 1. The van der Waals surface area contributed by atoms with Gasteiger partial charge in [-0.05, 0) is 32.8 Å². The van der Waals surface area contributed by atoms with Crippen LogP contribution in [0.3, 0.4) is 0 Å². The molecule has 7 heteroatoms. The van der Waals surface area contributed by atoms with E-state index in [0.29, 0.717) is 30.1 Å². The van der Waals surface area contributed by atoms with E-state index in [1.165, 1.54) is 6.07 Å². The molecule has 1 aliphatic rings. The summed E-state index contributed by atoms with van der Waals surface area (Å²) >= 11 is 1.68. The van der Waals surface area contributed by atoms with Crippen molar-refractivity contribution in [2.24, 2.45) is 0 Å². The molecule has 126 valence electrons. The number of benzene rings is 1. The second kappa shape index (κ2) is 6.68. The lowest BCUT2D eigenvalue weighted by Crippen LogP contribution is -2.38. The van der Waals surface area contributed by atoms with Gasteiger partial charge in [-0.1, -0.05) is 6.07 Å². The third-order valence-electron chi connectivity index (χ3n) is 4.50. The Morgan fingerprint density at radius 2 is 2.04 bits per heavy atom. The number of carbonyl (C=O) groups is 1. The summed E-state index contributed by atoms with van der Waals surface area (Å²) in [6.07, 6.45) is 1.76. The van der Waals surface area contributed by atoms with E-state index in [2.05, 4.69) is 10.4 Å².